The smallest absolute Gasteiger partial charge is 0.222 e. The van der Waals surface area contributed by atoms with Crippen LogP contribution in [0.15, 0.2) is 6.33 Å². The number of aromatic nitrogens is 2. The Kier molecular flexibility index (Phi) is 6.60. The second-order valence-corrected chi connectivity index (χ2v) is 5.24. The highest BCUT2D eigenvalue weighted by Crippen LogP contribution is 2.30. The van der Waals surface area contributed by atoms with Gasteiger partial charge in [0.25, 0.3) is 0 Å². The van der Waals surface area contributed by atoms with Gasteiger partial charge in [0.2, 0.25) is 5.88 Å². The van der Waals surface area contributed by atoms with Gasteiger partial charge in [0.1, 0.15) is 12.1 Å². The normalized spacial score (nSPS) is 12.5. The summed E-state index contributed by atoms with van der Waals surface area (Å²) < 4.78 is 5.98. The van der Waals surface area contributed by atoms with E-state index in [1.165, 1.54) is 0 Å². The maximum Gasteiger partial charge on any atom is 0.222 e. The predicted molar refractivity (Wildman–Crippen MR) is 79.9 cm³/mol. The third-order valence-electron chi connectivity index (χ3n) is 2.98. The van der Waals surface area contributed by atoms with Gasteiger partial charge < -0.3 is 10.1 Å². The summed E-state index contributed by atoms with van der Waals surface area (Å²) in [6.45, 7) is 11.6. The third-order valence-corrected chi connectivity index (χ3v) is 2.98. The molecule has 0 saturated carbocycles. The first kappa shape index (κ1) is 15.7. The largest absolute Gasteiger partial charge is 0.474 e. The van der Waals surface area contributed by atoms with Crippen molar-refractivity contribution in [2.75, 3.05) is 11.9 Å². The molecule has 4 nitrogen and oxygen atoms in total. The summed E-state index contributed by atoms with van der Waals surface area (Å²) in [5.41, 5.74) is 1.08. The fraction of sp³-hybridized carbons (Fsp3) is 0.733. The Bertz CT molecular complexity index is 380. The summed E-state index contributed by atoms with van der Waals surface area (Å²) in [6, 6.07) is 0. The Labute approximate surface area is 117 Å². The first-order chi connectivity index (χ1) is 9.10. The maximum absolute atomic E-state index is 5.98. The first-order valence-electron chi connectivity index (χ1n) is 7.35. The molecule has 0 aliphatic carbocycles. The van der Waals surface area contributed by atoms with Crippen molar-refractivity contribution in [3.8, 4) is 5.88 Å². The molecule has 1 aromatic rings. The van der Waals surface area contributed by atoms with Crippen molar-refractivity contribution in [2.45, 2.75) is 65.9 Å². The molecule has 1 aromatic heterocycles. The lowest BCUT2D eigenvalue weighted by Gasteiger charge is -2.19. The number of nitrogens with one attached hydrogen (secondary N) is 1. The molecule has 0 saturated heterocycles. The molecule has 0 aliphatic heterocycles. The van der Waals surface area contributed by atoms with E-state index in [1.54, 1.807) is 6.33 Å². The second kappa shape index (κ2) is 7.97. The zero-order valence-corrected chi connectivity index (χ0v) is 12.9. The number of rotatable bonds is 8. The summed E-state index contributed by atoms with van der Waals surface area (Å²) in [5.74, 6) is 1.97. The third kappa shape index (κ3) is 4.69. The van der Waals surface area contributed by atoms with Gasteiger partial charge in [-0.2, -0.15) is 0 Å². The van der Waals surface area contributed by atoms with Crippen LogP contribution in [0, 0.1) is 0 Å². The van der Waals surface area contributed by atoms with Gasteiger partial charge in [-0.1, -0.05) is 34.1 Å². The van der Waals surface area contributed by atoms with Gasteiger partial charge in [-0.25, -0.2) is 9.97 Å². The molecule has 1 unspecified atom stereocenters. The molecule has 1 N–H and O–H groups in total. The Morgan fingerprint density at radius 1 is 1.16 bits per heavy atom. The number of ether oxygens (including phenoxy) is 1. The van der Waals surface area contributed by atoms with Crippen molar-refractivity contribution in [1.82, 2.24) is 9.97 Å². The van der Waals surface area contributed by atoms with E-state index in [2.05, 4.69) is 49.9 Å². The van der Waals surface area contributed by atoms with E-state index in [0.717, 1.165) is 43.1 Å². The Morgan fingerprint density at radius 3 is 2.47 bits per heavy atom. The minimum Gasteiger partial charge on any atom is -0.474 e. The van der Waals surface area contributed by atoms with Gasteiger partial charge in [0.05, 0.1) is 11.7 Å². The van der Waals surface area contributed by atoms with E-state index in [1.807, 2.05) is 0 Å². The molecule has 108 valence electrons. The van der Waals surface area contributed by atoms with Gasteiger partial charge in [0.15, 0.2) is 0 Å². The van der Waals surface area contributed by atoms with Crippen LogP contribution in [0.2, 0.25) is 0 Å². The van der Waals surface area contributed by atoms with Crippen molar-refractivity contribution in [1.29, 1.82) is 0 Å². The van der Waals surface area contributed by atoms with E-state index in [4.69, 9.17) is 4.74 Å². The van der Waals surface area contributed by atoms with Gasteiger partial charge in [0, 0.05) is 6.54 Å². The predicted octanol–water partition coefficient (Wildman–Crippen LogP) is 3.99. The molecular formula is C15H27N3O. The van der Waals surface area contributed by atoms with Gasteiger partial charge in [-0.05, 0) is 25.7 Å². The molecule has 0 fully saturated rings. The molecule has 0 aliphatic rings. The highest BCUT2D eigenvalue weighted by Gasteiger charge is 2.17. The number of hydrogen-bond donors (Lipinski definition) is 1. The molecule has 0 bridgehead atoms. The summed E-state index contributed by atoms with van der Waals surface area (Å²) in [5, 5.41) is 3.36. The molecule has 1 heterocycles. The van der Waals surface area contributed by atoms with Crippen molar-refractivity contribution >= 4 is 5.82 Å². The average molecular weight is 265 g/mol. The van der Waals surface area contributed by atoms with Crippen LogP contribution in [0.1, 0.15) is 65.4 Å². The maximum atomic E-state index is 5.98. The molecular weight excluding hydrogens is 238 g/mol. The Morgan fingerprint density at radius 2 is 1.89 bits per heavy atom. The molecule has 1 rings (SSSR count). The number of hydrogen-bond acceptors (Lipinski definition) is 4. The van der Waals surface area contributed by atoms with Crippen LogP contribution in [0.5, 0.6) is 5.88 Å². The van der Waals surface area contributed by atoms with E-state index in [-0.39, 0.29) is 6.10 Å². The lowest BCUT2D eigenvalue weighted by Crippen LogP contribution is -2.16. The molecule has 0 amide bonds. The van der Waals surface area contributed by atoms with Crippen molar-refractivity contribution in [3.05, 3.63) is 11.9 Å². The molecule has 0 aromatic carbocycles. The molecule has 19 heavy (non-hydrogen) atoms. The summed E-state index contributed by atoms with van der Waals surface area (Å²) in [6.07, 6.45) is 5.00. The fourth-order valence-electron chi connectivity index (χ4n) is 2.03. The highest BCUT2D eigenvalue weighted by atomic mass is 16.5. The van der Waals surface area contributed by atoms with Gasteiger partial charge in [-0.15, -0.1) is 0 Å². The minimum absolute atomic E-state index is 0.191. The molecule has 1 atom stereocenters. The average Bonchev–Trinajstić information content (AvgIpc) is 2.36. The topological polar surface area (TPSA) is 47.0 Å². The van der Waals surface area contributed by atoms with Crippen molar-refractivity contribution in [3.63, 3.8) is 0 Å². The van der Waals surface area contributed by atoms with E-state index >= 15 is 0 Å². The molecule has 0 radical (unpaired) electrons. The lowest BCUT2D eigenvalue weighted by atomic mass is 10.1. The van der Waals surface area contributed by atoms with Crippen LogP contribution in [-0.4, -0.2) is 22.6 Å². The van der Waals surface area contributed by atoms with E-state index in [0.29, 0.717) is 5.92 Å². The number of nitrogens with zero attached hydrogens (tertiary/aromatic N) is 2. The Hall–Kier alpha value is -1.32. The fourth-order valence-corrected chi connectivity index (χ4v) is 2.03. The molecule has 0 spiro atoms. The quantitative estimate of drug-likeness (QED) is 0.772. The highest BCUT2D eigenvalue weighted by molar-refractivity contribution is 5.50. The van der Waals surface area contributed by atoms with Crippen molar-refractivity contribution < 1.29 is 4.74 Å². The monoisotopic (exact) mass is 265 g/mol. The standard InChI is InChI=1S/C15H27N3O/c1-6-8-12(5)19-15-13(11(3)4)14(16-9-7-2)17-10-18-15/h10-12H,6-9H2,1-5H3,(H,16,17,18). The first-order valence-corrected chi connectivity index (χ1v) is 7.35. The van der Waals surface area contributed by atoms with Crippen molar-refractivity contribution in [2.24, 2.45) is 0 Å². The summed E-state index contributed by atoms with van der Waals surface area (Å²) >= 11 is 0. The van der Waals surface area contributed by atoms with Crippen LogP contribution in [0.25, 0.3) is 0 Å². The molecule has 4 heteroatoms. The van der Waals surface area contributed by atoms with Crippen LogP contribution in [0.4, 0.5) is 5.82 Å². The summed E-state index contributed by atoms with van der Waals surface area (Å²) in [4.78, 5) is 8.67. The zero-order chi connectivity index (χ0) is 14.3. The number of anilines is 1. The second-order valence-electron chi connectivity index (χ2n) is 5.24. The van der Waals surface area contributed by atoms with E-state index in [9.17, 15) is 0 Å². The van der Waals surface area contributed by atoms with Crippen LogP contribution >= 0.6 is 0 Å². The zero-order valence-electron chi connectivity index (χ0n) is 12.9. The van der Waals surface area contributed by atoms with Crippen LogP contribution < -0.4 is 10.1 Å². The summed E-state index contributed by atoms with van der Waals surface area (Å²) in [7, 11) is 0. The van der Waals surface area contributed by atoms with E-state index < -0.39 is 0 Å². The lowest BCUT2D eigenvalue weighted by molar-refractivity contribution is 0.198. The van der Waals surface area contributed by atoms with Gasteiger partial charge >= 0.3 is 0 Å². The van der Waals surface area contributed by atoms with Gasteiger partial charge in [-0.3, -0.25) is 0 Å². The van der Waals surface area contributed by atoms with Crippen LogP contribution in [0.3, 0.4) is 0 Å². The SMILES string of the molecule is CCCNc1ncnc(OC(C)CCC)c1C(C)C. The Balaban J connectivity index is 2.95. The minimum atomic E-state index is 0.191. The van der Waals surface area contributed by atoms with Crippen LogP contribution in [-0.2, 0) is 0 Å².